The van der Waals surface area contributed by atoms with Crippen LogP contribution >= 0.6 is 23.2 Å². The summed E-state index contributed by atoms with van der Waals surface area (Å²) < 4.78 is 27.5. The zero-order valence-electron chi connectivity index (χ0n) is 23.3. The number of nitrogens with one attached hydrogen (secondary N) is 1. The highest BCUT2D eigenvalue weighted by Crippen LogP contribution is 2.25. The van der Waals surface area contributed by atoms with E-state index in [1.807, 2.05) is 58.0 Å². The van der Waals surface area contributed by atoms with Crippen LogP contribution in [-0.4, -0.2) is 54.6 Å². The van der Waals surface area contributed by atoms with Crippen molar-refractivity contribution in [3.8, 4) is 0 Å². The van der Waals surface area contributed by atoms with Crippen LogP contribution in [-0.2, 0) is 32.6 Å². The van der Waals surface area contributed by atoms with E-state index in [1.54, 1.807) is 30.3 Å². The maximum Gasteiger partial charge on any atom is 0.243 e. The molecule has 0 aromatic heterocycles. The lowest BCUT2D eigenvalue weighted by molar-refractivity contribution is -0.141. The number of carbonyl (C=O) groups is 2. The molecule has 1 atom stereocenters. The van der Waals surface area contributed by atoms with Gasteiger partial charge in [-0.15, -0.1) is 0 Å². The van der Waals surface area contributed by atoms with Crippen molar-refractivity contribution >= 4 is 45.0 Å². The summed E-state index contributed by atoms with van der Waals surface area (Å²) in [6, 6.07) is 19.7. The smallest absolute Gasteiger partial charge is 0.243 e. The van der Waals surface area contributed by atoms with E-state index in [-0.39, 0.29) is 23.8 Å². The largest absolute Gasteiger partial charge is 0.350 e. The van der Waals surface area contributed by atoms with Crippen LogP contribution in [0.15, 0.2) is 77.7 Å². The number of amides is 2. The molecule has 0 heterocycles. The SMILES string of the molecule is Cc1ccc(S(=O)(=O)N(C)CC(=O)N(Cc2ccc(Cl)cc2Cl)[C@H](Cc2ccccc2)C(=O)NC(C)(C)C)cc1. The fourth-order valence-corrected chi connectivity index (χ4v) is 5.69. The average molecular weight is 605 g/mol. The molecule has 0 unspecified atom stereocenters. The Hall–Kier alpha value is -2.91. The lowest BCUT2D eigenvalue weighted by Crippen LogP contribution is -2.56. The van der Waals surface area contributed by atoms with E-state index >= 15 is 0 Å². The molecule has 214 valence electrons. The Morgan fingerprint density at radius 3 is 2.15 bits per heavy atom. The van der Waals surface area contributed by atoms with Crippen molar-refractivity contribution in [2.75, 3.05) is 13.6 Å². The van der Waals surface area contributed by atoms with Crippen LogP contribution in [0.4, 0.5) is 0 Å². The van der Waals surface area contributed by atoms with Gasteiger partial charge in [-0.3, -0.25) is 9.59 Å². The summed E-state index contributed by atoms with van der Waals surface area (Å²) in [6.07, 6.45) is 0.216. The zero-order valence-corrected chi connectivity index (χ0v) is 25.6. The van der Waals surface area contributed by atoms with Crippen LogP contribution in [0.25, 0.3) is 0 Å². The Bertz CT molecular complexity index is 1440. The minimum Gasteiger partial charge on any atom is -0.350 e. The van der Waals surface area contributed by atoms with E-state index in [9.17, 15) is 18.0 Å². The highest BCUT2D eigenvalue weighted by Gasteiger charge is 2.34. The van der Waals surface area contributed by atoms with Crippen LogP contribution in [0.1, 0.15) is 37.5 Å². The molecular weight excluding hydrogens is 569 g/mol. The predicted octanol–water partition coefficient (Wildman–Crippen LogP) is 5.48. The van der Waals surface area contributed by atoms with Crippen molar-refractivity contribution in [2.45, 2.75) is 57.1 Å². The number of nitrogens with zero attached hydrogens (tertiary/aromatic N) is 2. The number of rotatable bonds is 10. The van der Waals surface area contributed by atoms with Gasteiger partial charge >= 0.3 is 0 Å². The normalized spacial score (nSPS) is 12.7. The molecule has 0 aliphatic heterocycles. The Kier molecular flexibility index (Phi) is 10.4. The third-order valence-electron chi connectivity index (χ3n) is 6.21. The number of likely N-dealkylation sites (N-methyl/N-ethyl adjacent to an activating group) is 1. The van der Waals surface area contributed by atoms with E-state index in [2.05, 4.69) is 5.32 Å². The maximum absolute atomic E-state index is 13.9. The molecule has 3 aromatic rings. The van der Waals surface area contributed by atoms with Gasteiger partial charge in [0.25, 0.3) is 0 Å². The third-order valence-corrected chi connectivity index (χ3v) is 8.62. The summed E-state index contributed by atoms with van der Waals surface area (Å²) in [5.41, 5.74) is 1.77. The van der Waals surface area contributed by atoms with Crippen molar-refractivity contribution in [3.63, 3.8) is 0 Å². The van der Waals surface area contributed by atoms with Gasteiger partial charge in [0, 0.05) is 35.6 Å². The van der Waals surface area contributed by atoms with Gasteiger partial charge in [-0.05, 0) is 63.1 Å². The fourth-order valence-electron chi connectivity index (χ4n) is 4.10. The summed E-state index contributed by atoms with van der Waals surface area (Å²) in [6.45, 7) is 6.93. The minimum absolute atomic E-state index is 0.0255. The molecule has 1 N–H and O–H groups in total. The second-order valence-corrected chi connectivity index (χ2v) is 13.7. The van der Waals surface area contributed by atoms with Gasteiger partial charge in [0.15, 0.2) is 0 Å². The predicted molar refractivity (Wildman–Crippen MR) is 160 cm³/mol. The van der Waals surface area contributed by atoms with Crippen molar-refractivity contribution in [1.82, 2.24) is 14.5 Å². The molecule has 0 aliphatic carbocycles. The molecule has 40 heavy (non-hydrogen) atoms. The van der Waals surface area contributed by atoms with Crippen molar-refractivity contribution < 1.29 is 18.0 Å². The molecule has 3 rings (SSSR count). The minimum atomic E-state index is -3.96. The maximum atomic E-state index is 13.9. The molecular formula is C30H35Cl2N3O4S. The molecule has 0 fully saturated rings. The van der Waals surface area contributed by atoms with Crippen LogP contribution in [0, 0.1) is 6.92 Å². The van der Waals surface area contributed by atoms with Crippen molar-refractivity contribution in [1.29, 1.82) is 0 Å². The van der Waals surface area contributed by atoms with Gasteiger partial charge in [0.2, 0.25) is 21.8 Å². The van der Waals surface area contributed by atoms with E-state index in [1.165, 1.54) is 24.1 Å². The molecule has 0 spiro atoms. The monoisotopic (exact) mass is 603 g/mol. The molecule has 2 amide bonds. The van der Waals surface area contributed by atoms with Crippen LogP contribution < -0.4 is 5.32 Å². The molecule has 0 saturated heterocycles. The van der Waals surface area contributed by atoms with Gasteiger partial charge in [0.1, 0.15) is 6.04 Å². The van der Waals surface area contributed by atoms with E-state index in [0.29, 0.717) is 15.6 Å². The summed E-state index contributed by atoms with van der Waals surface area (Å²) in [5.74, 6) is -0.909. The van der Waals surface area contributed by atoms with E-state index in [0.717, 1.165) is 15.4 Å². The van der Waals surface area contributed by atoms with Crippen molar-refractivity contribution in [2.24, 2.45) is 0 Å². The van der Waals surface area contributed by atoms with Crippen LogP contribution in [0.3, 0.4) is 0 Å². The molecule has 0 bridgehead atoms. The summed E-state index contributed by atoms with van der Waals surface area (Å²) in [4.78, 5) is 29.1. The Morgan fingerprint density at radius 1 is 0.950 bits per heavy atom. The van der Waals surface area contributed by atoms with Crippen molar-refractivity contribution in [3.05, 3.63) is 99.5 Å². The molecule has 10 heteroatoms. The average Bonchev–Trinajstić information content (AvgIpc) is 2.87. The molecule has 7 nitrogen and oxygen atoms in total. The fraction of sp³-hybridized carbons (Fsp3) is 0.333. The van der Waals surface area contributed by atoms with Gasteiger partial charge in [0.05, 0.1) is 11.4 Å². The van der Waals surface area contributed by atoms with Gasteiger partial charge in [-0.1, -0.05) is 77.3 Å². The number of hydrogen-bond donors (Lipinski definition) is 1. The topological polar surface area (TPSA) is 86.8 Å². The summed E-state index contributed by atoms with van der Waals surface area (Å²) in [5, 5.41) is 3.75. The number of hydrogen-bond acceptors (Lipinski definition) is 4. The molecule has 0 saturated carbocycles. The highest BCUT2D eigenvalue weighted by atomic mass is 35.5. The quantitative estimate of drug-likeness (QED) is 0.332. The molecule has 0 radical (unpaired) electrons. The second-order valence-electron chi connectivity index (χ2n) is 10.8. The zero-order chi connectivity index (χ0) is 29.7. The summed E-state index contributed by atoms with van der Waals surface area (Å²) >= 11 is 12.6. The van der Waals surface area contributed by atoms with Gasteiger partial charge in [-0.25, -0.2) is 8.42 Å². The lowest BCUT2D eigenvalue weighted by Gasteiger charge is -2.34. The Morgan fingerprint density at radius 2 is 1.57 bits per heavy atom. The number of sulfonamides is 1. The standard InChI is InChI=1S/C30H35Cl2N3O4S/c1-21-11-15-25(16-12-21)40(38,39)34(5)20-28(36)35(19-23-13-14-24(31)18-26(23)32)27(29(37)33-30(2,3)4)17-22-9-7-6-8-10-22/h6-16,18,27H,17,19-20H2,1-5H3,(H,33,37)/t27-/m1/s1. The Labute approximate surface area is 247 Å². The van der Waals surface area contributed by atoms with E-state index < -0.39 is 34.1 Å². The van der Waals surface area contributed by atoms with Gasteiger partial charge in [-0.2, -0.15) is 4.31 Å². The number of aryl methyl sites for hydroxylation is 1. The second kappa shape index (κ2) is 13.2. The first-order valence-electron chi connectivity index (χ1n) is 12.8. The summed E-state index contributed by atoms with van der Waals surface area (Å²) in [7, 11) is -2.61. The van der Waals surface area contributed by atoms with E-state index in [4.69, 9.17) is 23.2 Å². The number of carbonyl (C=O) groups excluding carboxylic acids is 2. The lowest BCUT2D eigenvalue weighted by atomic mass is 10.0. The first-order valence-corrected chi connectivity index (χ1v) is 15.0. The highest BCUT2D eigenvalue weighted by molar-refractivity contribution is 7.89. The number of halogens is 2. The first-order chi connectivity index (χ1) is 18.7. The third kappa shape index (κ3) is 8.54. The van der Waals surface area contributed by atoms with Crippen LogP contribution in [0.5, 0.6) is 0 Å². The van der Waals surface area contributed by atoms with Crippen LogP contribution in [0.2, 0.25) is 10.0 Å². The molecule has 0 aliphatic rings. The first kappa shape index (κ1) is 31.6. The van der Waals surface area contributed by atoms with Gasteiger partial charge < -0.3 is 10.2 Å². The number of benzene rings is 3. The molecule has 3 aromatic carbocycles. The Balaban J connectivity index is 2.02.